The van der Waals surface area contributed by atoms with Crippen LogP contribution < -0.4 is 11.1 Å². The lowest BCUT2D eigenvalue weighted by Crippen LogP contribution is -2.13. The van der Waals surface area contributed by atoms with Gasteiger partial charge in [-0.15, -0.1) is 0 Å². The normalized spacial score (nSPS) is 10.4. The molecular weight excluding hydrogens is 464 g/mol. The molecule has 3 N–H and O–H groups in total. The molecule has 0 saturated heterocycles. The Labute approximate surface area is 148 Å². The van der Waals surface area contributed by atoms with Gasteiger partial charge in [0.05, 0.1) is 5.69 Å². The number of anilines is 2. The first-order chi connectivity index (χ1) is 9.97. The third kappa shape index (κ3) is 4.56. The van der Waals surface area contributed by atoms with Crippen LogP contribution in [0.2, 0.25) is 0 Å². The van der Waals surface area contributed by atoms with Gasteiger partial charge in [-0.25, -0.2) is 0 Å². The lowest BCUT2D eigenvalue weighted by molar-refractivity contribution is -0.116. The van der Waals surface area contributed by atoms with E-state index in [9.17, 15) is 4.79 Å². The topological polar surface area (TPSA) is 55.1 Å². The van der Waals surface area contributed by atoms with Crippen molar-refractivity contribution in [1.29, 1.82) is 0 Å². The van der Waals surface area contributed by atoms with E-state index in [-0.39, 0.29) is 5.91 Å². The largest absolute Gasteiger partial charge is 0.399 e. The molecule has 0 atom stereocenters. The molecule has 0 heterocycles. The van der Waals surface area contributed by atoms with Crippen molar-refractivity contribution >= 4 is 65.1 Å². The first-order valence-corrected chi connectivity index (χ1v) is 8.63. The zero-order valence-electron chi connectivity index (χ0n) is 11.0. The summed E-state index contributed by atoms with van der Waals surface area (Å²) in [6.45, 7) is 0. The zero-order valence-corrected chi connectivity index (χ0v) is 15.8. The molecule has 0 fully saturated rings. The number of para-hydroxylation sites is 1. The quantitative estimate of drug-likeness (QED) is 0.601. The Hall–Kier alpha value is -0.850. The van der Waals surface area contributed by atoms with Crippen LogP contribution in [0.5, 0.6) is 0 Å². The molecule has 0 aromatic heterocycles. The summed E-state index contributed by atoms with van der Waals surface area (Å²) in [5.41, 5.74) is 8.30. The second-order valence-electron chi connectivity index (χ2n) is 4.49. The van der Waals surface area contributed by atoms with Crippen LogP contribution in [0, 0.1) is 0 Å². The second kappa shape index (κ2) is 7.42. The molecule has 0 aliphatic rings. The maximum atomic E-state index is 12.1. The molecule has 3 nitrogen and oxygen atoms in total. The summed E-state index contributed by atoms with van der Waals surface area (Å²) in [5.74, 6) is -0.0537. The van der Waals surface area contributed by atoms with E-state index in [0.29, 0.717) is 12.8 Å². The SMILES string of the molecule is Nc1ccccc1CCC(=O)Nc1c(Br)cc(Br)cc1Br. The van der Waals surface area contributed by atoms with Gasteiger partial charge in [-0.05, 0) is 62.0 Å². The number of hydrogen-bond acceptors (Lipinski definition) is 2. The smallest absolute Gasteiger partial charge is 0.224 e. The van der Waals surface area contributed by atoms with E-state index >= 15 is 0 Å². The van der Waals surface area contributed by atoms with Gasteiger partial charge in [-0.3, -0.25) is 4.79 Å². The summed E-state index contributed by atoms with van der Waals surface area (Å²) in [4.78, 5) is 12.1. The van der Waals surface area contributed by atoms with Gasteiger partial charge in [-0.1, -0.05) is 34.1 Å². The lowest BCUT2D eigenvalue weighted by Gasteiger charge is -2.11. The van der Waals surface area contributed by atoms with E-state index in [1.807, 2.05) is 36.4 Å². The Bertz CT molecular complexity index is 651. The number of rotatable bonds is 4. The average molecular weight is 477 g/mol. The first kappa shape index (κ1) is 16.5. The summed E-state index contributed by atoms with van der Waals surface area (Å²) in [7, 11) is 0. The predicted molar refractivity (Wildman–Crippen MR) is 97.3 cm³/mol. The standard InChI is InChI=1S/C15H13Br3N2O/c16-10-7-11(17)15(12(18)8-10)20-14(21)6-5-9-3-1-2-4-13(9)19/h1-4,7-8H,5-6,19H2,(H,20,21). The maximum absolute atomic E-state index is 12.1. The van der Waals surface area contributed by atoms with E-state index in [1.54, 1.807) is 0 Å². The Balaban J connectivity index is 2.01. The number of benzene rings is 2. The first-order valence-electron chi connectivity index (χ1n) is 6.25. The number of halogens is 3. The number of amides is 1. The highest BCUT2D eigenvalue weighted by molar-refractivity contribution is 9.11. The molecule has 21 heavy (non-hydrogen) atoms. The lowest BCUT2D eigenvalue weighted by atomic mass is 10.1. The van der Waals surface area contributed by atoms with Crippen molar-refractivity contribution in [3.8, 4) is 0 Å². The van der Waals surface area contributed by atoms with Gasteiger partial charge in [0.1, 0.15) is 0 Å². The summed E-state index contributed by atoms with van der Waals surface area (Å²) < 4.78 is 2.56. The number of carbonyl (C=O) groups is 1. The van der Waals surface area contributed by atoms with Crippen molar-refractivity contribution in [2.24, 2.45) is 0 Å². The van der Waals surface area contributed by atoms with Crippen LogP contribution in [0.3, 0.4) is 0 Å². The Morgan fingerprint density at radius 2 is 1.71 bits per heavy atom. The zero-order chi connectivity index (χ0) is 15.4. The van der Waals surface area contributed by atoms with E-state index in [0.717, 1.165) is 30.4 Å². The van der Waals surface area contributed by atoms with Crippen molar-refractivity contribution in [2.45, 2.75) is 12.8 Å². The minimum atomic E-state index is -0.0537. The van der Waals surface area contributed by atoms with Crippen molar-refractivity contribution in [3.63, 3.8) is 0 Å². The van der Waals surface area contributed by atoms with Crippen LogP contribution in [0.25, 0.3) is 0 Å². The van der Waals surface area contributed by atoms with Gasteiger partial charge >= 0.3 is 0 Å². The Morgan fingerprint density at radius 1 is 1.10 bits per heavy atom. The third-order valence-electron chi connectivity index (χ3n) is 2.95. The Morgan fingerprint density at radius 3 is 2.33 bits per heavy atom. The summed E-state index contributed by atoms with van der Waals surface area (Å²) >= 11 is 10.3. The molecule has 0 unspecified atom stereocenters. The van der Waals surface area contributed by atoms with Gasteiger partial charge in [0.2, 0.25) is 5.91 Å². The average Bonchev–Trinajstić information content (AvgIpc) is 2.42. The van der Waals surface area contributed by atoms with Crippen LogP contribution >= 0.6 is 47.8 Å². The maximum Gasteiger partial charge on any atom is 0.224 e. The number of nitrogens with two attached hydrogens (primary N) is 1. The highest BCUT2D eigenvalue weighted by atomic mass is 79.9. The Kier molecular flexibility index (Phi) is 5.84. The molecule has 0 aliphatic heterocycles. The van der Waals surface area contributed by atoms with Crippen molar-refractivity contribution < 1.29 is 4.79 Å². The van der Waals surface area contributed by atoms with E-state index < -0.39 is 0 Å². The fourth-order valence-corrected chi connectivity index (χ4v) is 4.33. The third-order valence-corrected chi connectivity index (χ3v) is 4.66. The van der Waals surface area contributed by atoms with Gasteiger partial charge in [0.15, 0.2) is 0 Å². The van der Waals surface area contributed by atoms with Gasteiger partial charge in [0.25, 0.3) is 0 Å². The fourth-order valence-electron chi connectivity index (χ4n) is 1.87. The second-order valence-corrected chi connectivity index (χ2v) is 7.12. The van der Waals surface area contributed by atoms with E-state index in [4.69, 9.17) is 5.73 Å². The van der Waals surface area contributed by atoms with Crippen LogP contribution in [0.15, 0.2) is 49.8 Å². The molecule has 0 spiro atoms. The molecule has 0 bridgehead atoms. The van der Waals surface area contributed by atoms with Crippen LogP contribution in [-0.4, -0.2) is 5.91 Å². The van der Waals surface area contributed by atoms with Gasteiger partial charge in [-0.2, -0.15) is 0 Å². The van der Waals surface area contributed by atoms with Crippen molar-refractivity contribution in [2.75, 3.05) is 11.1 Å². The van der Waals surface area contributed by atoms with E-state index in [2.05, 4.69) is 53.1 Å². The number of hydrogen-bond donors (Lipinski definition) is 2. The number of nitrogen functional groups attached to an aromatic ring is 1. The summed E-state index contributed by atoms with van der Waals surface area (Å²) in [6.07, 6.45) is 0.993. The molecular formula is C15H13Br3N2O. The number of carbonyl (C=O) groups excluding carboxylic acids is 1. The summed E-state index contributed by atoms with van der Waals surface area (Å²) in [5, 5.41) is 2.90. The molecule has 2 rings (SSSR count). The molecule has 0 radical (unpaired) electrons. The van der Waals surface area contributed by atoms with Crippen LogP contribution in [0.4, 0.5) is 11.4 Å². The van der Waals surface area contributed by atoms with Gasteiger partial charge < -0.3 is 11.1 Å². The number of aryl methyl sites for hydroxylation is 1. The molecule has 2 aromatic carbocycles. The highest BCUT2D eigenvalue weighted by Gasteiger charge is 2.11. The monoisotopic (exact) mass is 474 g/mol. The minimum Gasteiger partial charge on any atom is -0.399 e. The van der Waals surface area contributed by atoms with Gasteiger partial charge in [0, 0.05) is 25.5 Å². The molecule has 110 valence electrons. The predicted octanol–water partition coefficient (Wildman–Crippen LogP) is 5.13. The molecule has 2 aromatic rings. The molecule has 6 heteroatoms. The summed E-state index contributed by atoms with van der Waals surface area (Å²) in [6, 6.07) is 11.4. The number of nitrogens with one attached hydrogen (secondary N) is 1. The highest BCUT2D eigenvalue weighted by Crippen LogP contribution is 2.34. The van der Waals surface area contributed by atoms with E-state index in [1.165, 1.54) is 0 Å². The van der Waals surface area contributed by atoms with Crippen LogP contribution in [0.1, 0.15) is 12.0 Å². The minimum absolute atomic E-state index is 0.0537. The molecule has 0 aliphatic carbocycles. The molecule has 0 saturated carbocycles. The van der Waals surface area contributed by atoms with Crippen molar-refractivity contribution in [3.05, 3.63) is 55.4 Å². The van der Waals surface area contributed by atoms with Crippen molar-refractivity contribution in [1.82, 2.24) is 0 Å². The van der Waals surface area contributed by atoms with Crippen LogP contribution in [-0.2, 0) is 11.2 Å². The fraction of sp³-hybridized carbons (Fsp3) is 0.133. The molecule has 1 amide bonds.